The molecule has 1 nitrogen and oxygen atoms in total. The number of hydrogen-bond acceptors (Lipinski definition) is 1. The van der Waals surface area contributed by atoms with Gasteiger partial charge in [-0.3, -0.25) is 0 Å². The molecule has 0 aliphatic carbocycles. The molecule has 1 heterocycles. The maximum Gasteiger partial charge on any atom is 0.0211 e. The first-order valence-corrected chi connectivity index (χ1v) is 6.91. The van der Waals surface area contributed by atoms with Gasteiger partial charge in [0.1, 0.15) is 0 Å². The second-order valence-electron chi connectivity index (χ2n) is 6.09. The summed E-state index contributed by atoms with van der Waals surface area (Å²) in [5.74, 6) is 1.41. The molecule has 1 heteroatoms. The molecule has 1 aliphatic rings. The van der Waals surface area contributed by atoms with Crippen molar-refractivity contribution in [2.45, 2.75) is 59.0 Å². The van der Waals surface area contributed by atoms with Crippen LogP contribution in [0, 0.1) is 5.92 Å². The lowest BCUT2D eigenvalue weighted by Crippen LogP contribution is -2.36. The molecule has 0 spiro atoms. The average Bonchev–Trinajstić information content (AvgIpc) is 2.27. The summed E-state index contributed by atoms with van der Waals surface area (Å²) in [6.45, 7) is 10.2. The van der Waals surface area contributed by atoms with Crippen LogP contribution in [-0.2, 0) is 13.0 Å². The molecular formula is C16H25N. The predicted octanol–water partition coefficient (Wildman–Crippen LogP) is 3.87. The SMILES string of the molecule is CC(C)CC1Cc2ccc(C(C)C)cc2CN1. The van der Waals surface area contributed by atoms with Crippen molar-refractivity contribution < 1.29 is 0 Å². The highest BCUT2D eigenvalue weighted by Crippen LogP contribution is 2.24. The van der Waals surface area contributed by atoms with Gasteiger partial charge in [0.15, 0.2) is 0 Å². The normalized spacial score (nSPS) is 19.8. The Bertz CT molecular complexity index is 379. The van der Waals surface area contributed by atoms with Crippen molar-refractivity contribution in [3.8, 4) is 0 Å². The van der Waals surface area contributed by atoms with E-state index < -0.39 is 0 Å². The molecule has 0 fully saturated rings. The molecule has 1 unspecified atom stereocenters. The van der Waals surface area contributed by atoms with Crippen LogP contribution in [0.25, 0.3) is 0 Å². The lowest BCUT2D eigenvalue weighted by atomic mass is 9.88. The molecule has 17 heavy (non-hydrogen) atoms. The first-order valence-electron chi connectivity index (χ1n) is 6.91. The predicted molar refractivity (Wildman–Crippen MR) is 74.3 cm³/mol. The second kappa shape index (κ2) is 5.22. The third kappa shape index (κ3) is 3.10. The molecule has 1 aromatic rings. The van der Waals surface area contributed by atoms with Crippen LogP contribution >= 0.6 is 0 Å². The first kappa shape index (κ1) is 12.6. The van der Waals surface area contributed by atoms with E-state index in [1.807, 2.05) is 0 Å². The van der Waals surface area contributed by atoms with Gasteiger partial charge in [0.25, 0.3) is 0 Å². The standard InChI is InChI=1S/C16H25N/c1-11(2)7-16-9-14-6-5-13(12(3)4)8-15(14)10-17-16/h5-6,8,11-12,16-17H,7,9-10H2,1-4H3. The van der Waals surface area contributed by atoms with Gasteiger partial charge in [-0.15, -0.1) is 0 Å². The third-order valence-corrected chi connectivity index (χ3v) is 3.70. The van der Waals surface area contributed by atoms with Crippen molar-refractivity contribution in [3.05, 3.63) is 34.9 Å². The number of rotatable bonds is 3. The molecular weight excluding hydrogens is 206 g/mol. The summed E-state index contributed by atoms with van der Waals surface area (Å²) in [5, 5.41) is 3.67. The molecule has 1 aromatic carbocycles. The highest BCUT2D eigenvalue weighted by atomic mass is 14.9. The number of fused-ring (bicyclic) bond motifs is 1. The van der Waals surface area contributed by atoms with Crippen LogP contribution in [0.3, 0.4) is 0 Å². The summed E-state index contributed by atoms with van der Waals surface area (Å²) < 4.78 is 0. The quantitative estimate of drug-likeness (QED) is 0.832. The zero-order valence-corrected chi connectivity index (χ0v) is 11.6. The second-order valence-corrected chi connectivity index (χ2v) is 6.09. The van der Waals surface area contributed by atoms with Gasteiger partial charge in [-0.05, 0) is 41.4 Å². The van der Waals surface area contributed by atoms with E-state index >= 15 is 0 Å². The fourth-order valence-corrected chi connectivity index (χ4v) is 2.70. The van der Waals surface area contributed by atoms with Crippen molar-refractivity contribution in [1.82, 2.24) is 5.32 Å². The molecule has 94 valence electrons. The van der Waals surface area contributed by atoms with Gasteiger partial charge in [0.2, 0.25) is 0 Å². The Morgan fingerprint density at radius 2 is 1.94 bits per heavy atom. The molecule has 0 radical (unpaired) electrons. The molecule has 0 aromatic heterocycles. The molecule has 1 N–H and O–H groups in total. The van der Waals surface area contributed by atoms with Crippen LogP contribution in [0.15, 0.2) is 18.2 Å². The van der Waals surface area contributed by atoms with Gasteiger partial charge in [0, 0.05) is 12.6 Å². The summed E-state index contributed by atoms with van der Waals surface area (Å²) in [7, 11) is 0. The Kier molecular flexibility index (Phi) is 3.88. The van der Waals surface area contributed by atoms with Crippen LogP contribution in [0.4, 0.5) is 0 Å². The molecule has 1 aliphatic heterocycles. The minimum atomic E-state index is 0.633. The summed E-state index contributed by atoms with van der Waals surface area (Å²) in [5.41, 5.74) is 4.53. The first-order chi connectivity index (χ1) is 8.06. The number of benzene rings is 1. The zero-order valence-electron chi connectivity index (χ0n) is 11.6. The summed E-state index contributed by atoms with van der Waals surface area (Å²) >= 11 is 0. The van der Waals surface area contributed by atoms with Crippen LogP contribution in [0.2, 0.25) is 0 Å². The molecule has 0 bridgehead atoms. The average molecular weight is 231 g/mol. The summed E-state index contributed by atoms with van der Waals surface area (Å²) in [4.78, 5) is 0. The Hall–Kier alpha value is -0.820. The lowest BCUT2D eigenvalue weighted by molar-refractivity contribution is 0.398. The lowest BCUT2D eigenvalue weighted by Gasteiger charge is -2.28. The van der Waals surface area contributed by atoms with Gasteiger partial charge >= 0.3 is 0 Å². The largest absolute Gasteiger partial charge is 0.310 e. The number of nitrogens with one attached hydrogen (secondary N) is 1. The Morgan fingerprint density at radius 1 is 1.18 bits per heavy atom. The fourth-order valence-electron chi connectivity index (χ4n) is 2.70. The summed E-state index contributed by atoms with van der Waals surface area (Å²) in [6.07, 6.45) is 2.48. The monoisotopic (exact) mass is 231 g/mol. The molecule has 0 saturated carbocycles. The number of hydrogen-bond donors (Lipinski definition) is 1. The van der Waals surface area contributed by atoms with E-state index in [9.17, 15) is 0 Å². The van der Waals surface area contributed by atoms with E-state index in [1.54, 1.807) is 5.56 Å². The van der Waals surface area contributed by atoms with Gasteiger partial charge in [-0.1, -0.05) is 45.9 Å². The van der Waals surface area contributed by atoms with Gasteiger partial charge in [-0.25, -0.2) is 0 Å². The Balaban J connectivity index is 2.12. The van der Waals surface area contributed by atoms with Gasteiger partial charge in [-0.2, -0.15) is 0 Å². The maximum atomic E-state index is 3.67. The van der Waals surface area contributed by atoms with Crippen molar-refractivity contribution in [1.29, 1.82) is 0 Å². The minimum Gasteiger partial charge on any atom is -0.310 e. The highest BCUT2D eigenvalue weighted by Gasteiger charge is 2.19. The van der Waals surface area contributed by atoms with E-state index in [-0.39, 0.29) is 0 Å². The Labute approximate surface area is 106 Å². The topological polar surface area (TPSA) is 12.0 Å². The van der Waals surface area contributed by atoms with Crippen molar-refractivity contribution in [2.24, 2.45) is 5.92 Å². The highest BCUT2D eigenvalue weighted by molar-refractivity contribution is 5.35. The molecule has 2 rings (SSSR count). The van der Waals surface area contributed by atoms with E-state index in [2.05, 4.69) is 51.2 Å². The maximum absolute atomic E-state index is 3.67. The van der Waals surface area contributed by atoms with Gasteiger partial charge < -0.3 is 5.32 Å². The molecule has 0 amide bonds. The zero-order chi connectivity index (χ0) is 12.4. The summed E-state index contributed by atoms with van der Waals surface area (Å²) in [6, 6.07) is 7.71. The van der Waals surface area contributed by atoms with E-state index in [0.29, 0.717) is 12.0 Å². The van der Waals surface area contributed by atoms with E-state index in [1.165, 1.54) is 24.0 Å². The molecule has 0 saturated heterocycles. The van der Waals surface area contributed by atoms with Crippen molar-refractivity contribution in [3.63, 3.8) is 0 Å². The smallest absolute Gasteiger partial charge is 0.0211 e. The van der Waals surface area contributed by atoms with Crippen LogP contribution in [0.5, 0.6) is 0 Å². The van der Waals surface area contributed by atoms with Gasteiger partial charge in [0.05, 0.1) is 0 Å². The minimum absolute atomic E-state index is 0.633. The van der Waals surface area contributed by atoms with Crippen LogP contribution in [-0.4, -0.2) is 6.04 Å². The van der Waals surface area contributed by atoms with Crippen molar-refractivity contribution in [2.75, 3.05) is 0 Å². The fraction of sp³-hybridized carbons (Fsp3) is 0.625. The third-order valence-electron chi connectivity index (χ3n) is 3.70. The van der Waals surface area contributed by atoms with E-state index in [0.717, 1.165) is 12.5 Å². The van der Waals surface area contributed by atoms with Crippen LogP contribution < -0.4 is 5.32 Å². The Morgan fingerprint density at radius 3 is 2.59 bits per heavy atom. The molecule has 1 atom stereocenters. The van der Waals surface area contributed by atoms with Crippen LogP contribution in [0.1, 0.15) is 56.7 Å². The van der Waals surface area contributed by atoms with E-state index in [4.69, 9.17) is 0 Å². The van der Waals surface area contributed by atoms with Crippen molar-refractivity contribution >= 4 is 0 Å².